The van der Waals surface area contributed by atoms with Crippen molar-refractivity contribution in [2.75, 3.05) is 0 Å². The van der Waals surface area contributed by atoms with Crippen molar-refractivity contribution in [3.05, 3.63) is 99.3 Å². The summed E-state index contributed by atoms with van der Waals surface area (Å²) in [5, 5.41) is 12.6. The highest BCUT2D eigenvalue weighted by Crippen LogP contribution is 2.25. The van der Waals surface area contributed by atoms with Gasteiger partial charge in [-0.15, -0.1) is 0 Å². The van der Waals surface area contributed by atoms with E-state index in [-0.39, 0.29) is 23.6 Å². The number of carbonyl (C=O) groups excluding carboxylic acids is 1. The maximum atomic E-state index is 13.1. The number of hydrogen-bond acceptors (Lipinski definition) is 6. The molecule has 0 saturated heterocycles. The van der Waals surface area contributed by atoms with Gasteiger partial charge in [0.15, 0.2) is 0 Å². The van der Waals surface area contributed by atoms with E-state index in [2.05, 4.69) is 10.3 Å². The van der Waals surface area contributed by atoms with Gasteiger partial charge >= 0.3 is 0 Å². The normalized spacial score (nSPS) is 11.2. The van der Waals surface area contributed by atoms with Crippen LogP contribution in [0.4, 0.5) is 0 Å². The number of halogens is 1. The molecule has 0 spiro atoms. The van der Waals surface area contributed by atoms with Crippen LogP contribution in [0.2, 0.25) is 5.02 Å². The fourth-order valence-corrected chi connectivity index (χ4v) is 2.99. The van der Waals surface area contributed by atoms with Crippen molar-refractivity contribution in [2.24, 2.45) is 0 Å². The zero-order valence-electron chi connectivity index (χ0n) is 16.5. The second-order valence-corrected chi connectivity index (χ2v) is 6.99. The molecule has 0 unspecified atom stereocenters. The van der Waals surface area contributed by atoms with Crippen molar-refractivity contribution < 1.29 is 13.9 Å². The number of nitriles is 1. The van der Waals surface area contributed by atoms with Gasteiger partial charge in [0.1, 0.15) is 34.4 Å². The van der Waals surface area contributed by atoms with Crippen LogP contribution in [0.5, 0.6) is 11.6 Å². The quantitative estimate of drug-likeness (QED) is 0.354. The minimum atomic E-state index is -0.668. The largest absolute Gasteiger partial charge is 0.467 e. The van der Waals surface area contributed by atoms with Gasteiger partial charge < -0.3 is 14.5 Å². The Labute approximate surface area is 187 Å². The van der Waals surface area contributed by atoms with Crippen molar-refractivity contribution in [1.29, 1.82) is 5.26 Å². The molecule has 4 aromatic rings. The molecule has 1 N–H and O–H groups in total. The third-order valence-electron chi connectivity index (χ3n) is 4.42. The van der Waals surface area contributed by atoms with Crippen LogP contribution in [-0.2, 0) is 11.3 Å². The molecule has 3 aromatic heterocycles. The third kappa shape index (κ3) is 4.53. The lowest BCUT2D eigenvalue weighted by Gasteiger charge is -2.10. The molecule has 0 radical (unpaired) electrons. The number of pyridine rings is 1. The number of ether oxygens (including phenoxy) is 1. The standard InChI is InChI=1S/C23H15ClN4O4/c24-16-6-8-17(9-7-16)32-22-19(23(30)28-10-2-1-5-20(28)27-22)12-15(13-25)21(29)26-14-18-4-3-11-31-18/h1-12H,14H2,(H,26,29)/b15-12+. The molecule has 0 bridgehead atoms. The molecule has 0 aliphatic rings. The molecule has 3 heterocycles. The van der Waals surface area contributed by atoms with Crippen LogP contribution in [0.15, 0.2) is 81.8 Å². The van der Waals surface area contributed by atoms with Gasteiger partial charge in [-0.2, -0.15) is 10.2 Å². The van der Waals surface area contributed by atoms with Crippen molar-refractivity contribution in [1.82, 2.24) is 14.7 Å². The Kier molecular flexibility index (Phi) is 6.01. The van der Waals surface area contributed by atoms with E-state index in [1.807, 2.05) is 6.07 Å². The molecule has 0 atom stereocenters. The average Bonchev–Trinajstić information content (AvgIpc) is 3.33. The molecule has 4 rings (SSSR count). The molecule has 0 aliphatic carbocycles. The highest BCUT2D eigenvalue weighted by molar-refractivity contribution is 6.30. The van der Waals surface area contributed by atoms with E-state index >= 15 is 0 Å². The molecule has 0 aliphatic heterocycles. The first-order chi connectivity index (χ1) is 15.5. The smallest absolute Gasteiger partial charge is 0.269 e. The number of carbonyl (C=O) groups is 1. The monoisotopic (exact) mass is 446 g/mol. The van der Waals surface area contributed by atoms with Crippen LogP contribution < -0.4 is 15.6 Å². The summed E-state index contributed by atoms with van der Waals surface area (Å²) in [5.41, 5.74) is -0.480. The average molecular weight is 447 g/mol. The summed E-state index contributed by atoms with van der Waals surface area (Å²) in [4.78, 5) is 30.1. The van der Waals surface area contributed by atoms with Gasteiger partial charge in [-0.05, 0) is 54.6 Å². The third-order valence-corrected chi connectivity index (χ3v) is 4.67. The van der Waals surface area contributed by atoms with E-state index in [1.165, 1.54) is 16.9 Å². The first-order valence-corrected chi connectivity index (χ1v) is 9.80. The van der Waals surface area contributed by atoms with E-state index in [4.69, 9.17) is 20.8 Å². The van der Waals surface area contributed by atoms with Crippen LogP contribution in [-0.4, -0.2) is 15.3 Å². The number of hydrogen-bond donors (Lipinski definition) is 1. The molecule has 32 heavy (non-hydrogen) atoms. The van der Waals surface area contributed by atoms with E-state index < -0.39 is 11.5 Å². The van der Waals surface area contributed by atoms with Gasteiger partial charge in [0.2, 0.25) is 5.88 Å². The second kappa shape index (κ2) is 9.20. The first-order valence-electron chi connectivity index (χ1n) is 9.42. The zero-order valence-corrected chi connectivity index (χ0v) is 17.2. The fourth-order valence-electron chi connectivity index (χ4n) is 2.87. The van der Waals surface area contributed by atoms with Gasteiger partial charge in [0.25, 0.3) is 11.5 Å². The topological polar surface area (TPSA) is 110 Å². The van der Waals surface area contributed by atoms with Crippen LogP contribution in [0.3, 0.4) is 0 Å². The van der Waals surface area contributed by atoms with E-state index in [9.17, 15) is 14.9 Å². The Hall–Kier alpha value is -4.35. The predicted molar refractivity (Wildman–Crippen MR) is 117 cm³/mol. The van der Waals surface area contributed by atoms with Crippen LogP contribution in [0.25, 0.3) is 11.7 Å². The van der Waals surface area contributed by atoms with E-state index in [0.717, 1.165) is 6.08 Å². The number of benzene rings is 1. The van der Waals surface area contributed by atoms with Gasteiger partial charge in [-0.25, -0.2) is 0 Å². The maximum Gasteiger partial charge on any atom is 0.269 e. The summed E-state index contributed by atoms with van der Waals surface area (Å²) < 4.78 is 12.3. The maximum absolute atomic E-state index is 13.1. The Morgan fingerprint density at radius 1 is 1.22 bits per heavy atom. The van der Waals surface area contributed by atoms with Gasteiger partial charge in [0, 0.05) is 11.2 Å². The predicted octanol–water partition coefficient (Wildman–Crippen LogP) is 3.96. The molecule has 9 heteroatoms. The van der Waals surface area contributed by atoms with Gasteiger partial charge in [0.05, 0.1) is 12.8 Å². The second-order valence-electron chi connectivity index (χ2n) is 6.55. The molecular weight excluding hydrogens is 432 g/mol. The van der Waals surface area contributed by atoms with Gasteiger partial charge in [-0.1, -0.05) is 17.7 Å². The van der Waals surface area contributed by atoms with Gasteiger partial charge in [-0.3, -0.25) is 14.0 Å². The Bertz CT molecular complexity index is 1400. The highest BCUT2D eigenvalue weighted by Gasteiger charge is 2.17. The summed E-state index contributed by atoms with van der Waals surface area (Å²) in [6, 6.07) is 16.7. The SMILES string of the molecule is N#C/C(=C\c1c(Oc2ccc(Cl)cc2)nc2ccccn2c1=O)C(=O)NCc1ccco1. The van der Waals surface area contributed by atoms with Crippen molar-refractivity contribution in [2.45, 2.75) is 6.54 Å². The molecule has 8 nitrogen and oxygen atoms in total. The number of fused-ring (bicyclic) bond motifs is 1. The summed E-state index contributed by atoms with van der Waals surface area (Å²) >= 11 is 5.92. The lowest BCUT2D eigenvalue weighted by molar-refractivity contribution is -0.117. The first kappa shape index (κ1) is 20.9. The van der Waals surface area contributed by atoms with E-state index in [0.29, 0.717) is 22.2 Å². The molecule has 0 fully saturated rings. The Morgan fingerprint density at radius 3 is 2.75 bits per heavy atom. The number of nitrogens with zero attached hydrogens (tertiary/aromatic N) is 3. The Morgan fingerprint density at radius 2 is 2.03 bits per heavy atom. The summed E-state index contributed by atoms with van der Waals surface area (Å²) in [5.74, 6) is 0.195. The molecule has 1 aromatic carbocycles. The molecular formula is C23H15ClN4O4. The molecule has 158 valence electrons. The Balaban J connectivity index is 1.75. The van der Waals surface area contributed by atoms with Crippen molar-refractivity contribution in [3.63, 3.8) is 0 Å². The lowest BCUT2D eigenvalue weighted by Crippen LogP contribution is -2.24. The number of amides is 1. The number of aromatic nitrogens is 2. The number of furan rings is 1. The van der Waals surface area contributed by atoms with Crippen molar-refractivity contribution >= 4 is 29.2 Å². The van der Waals surface area contributed by atoms with Crippen molar-refractivity contribution in [3.8, 4) is 17.7 Å². The van der Waals surface area contributed by atoms with Crippen LogP contribution in [0, 0.1) is 11.3 Å². The minimum absolute atomic E-state index is 0.0462. The number of rotatable bonds is 6. The molecule has 1 amide bonds. The van der Waals surface area contributed by atoms with Crippen LogP contribution in [0.1, 0.15) is 11.3 Å². The fraction of sp³-hybridized carbons (Fsp3) is 0.0435. The minimum Gasteiger partial charge on any atom is -0.467 e. The highest BCUT2D eigenvalue weighted by atomic mass is 35.5. The molecule has 0 saturated carbocycles. The number of nitrogens with one attached hydrogen (secondary N) is 1. The summed E-state index contributed by atoms with van der Waals surface area (Å²) in [6.07, 6.45) is 4.18. The van der Waals surface area contributed by atoms with E-state index in [1.54, 1.807) is 54.6 Å². The zero-order chi connectivity index (χ0) is 22.5. The summed E-state index contributed by atoms with van der Waals surface area (Å²) in [6.45, 7) is 0.0912. The summed E-state index contributed by atoms with van der Waals surface area (Å²) in [7, 11) is 0. The lowest BCUT2D eigenvalue weighted by atomic mass is 10.1. The van der Waals surface area contributed by atoms with Crippen LogP contribution >= 0.6 is 11.6 Å².